The Morgan fingerprint density at radius 1 is 1.00 bits per heavy atom. The number of aromatic nitrogens is 2. The van der Waals surface area contributed by atoms with Crippen LogP contribution in [0, 0.1) is 0 Å². The summed E-state index contributed by atoms with van der Waals surface area (Å²) in [7, 11) is -1.77. The maximum Gasteiger partial charge on any atom is 0.283 e. The van der Waals surface area contributed by atoms with Crippen molar-refractivity contribution >= 4 is 32.3 Å². The highest BCUT2D eigenvalue weighted by atomic mass is 32.2. The second-order valence-corrected chi connectivity index (χ2v) is 10.8. The summed E-state index contributed by atoms with van der Waals surface area (Å²) >= 11 is 0. The number of aliphatic hydroxyl groups is 1. The van der Waals surface area contributed by atoms with Gasteiger partial charge in [-0.05, 0) is 56.3 Å². The van der Waals surface area contributed by atoms with Crippen molar-refractivity contribution in [1.82, 2.24) is 14.1 Å². The van der Waals surface area contributed by atoms with Crippen LogP contribution in [0.25, 0.3) is 10.9 Å². The highest BCUT2D eigenvalue weighted by Gasteiger charge is 2.26. The fraction of sp³-hybridized carbons (Fsp3) is 0.458. The van der Waals surface area contributed by atoms with Gasteiger partial charge in [0.1, 0.15) is 0 Å². The summed E-state index contributed by atoms with van der Waals surface area (Å²) in [4.78, 5) is 6.83. The number of aryl methyl sites for hydroxylation is 1. The highest BCUT2D eigenvalue weighted by molar-refractivity contribution is 7.90. The number of likely N-dealkylation sites (N-methyl/N-ethyl adjacent to an activating group) is 1. The topological polar surface area (TPSA) is 81.9 Å². The first kappa shape index (κ1) is 22.2. The maximum absolute atomic E-state index is 13.8. The van der Waals surface area contributed by atoms with Gasteiger partial charge in [-0.3, -0.25) is 0 Å². The molecule has 2 aliphatic rings. The number of hydrogen-bond acceptors (Lipinski definition) is 7. The molecule has 3 heterocycles. The first-order valence-electron chi connectivity index (χ1n) is 11.6. The van der Waals surface area contributed by atoms with Crippen molar-refractivity contribution in [3.05, 3.63) is 48.2 Å². The average molecular weight is 470 g/mol. The molecular formula is C24H31N5O3S. The number of hydrogen-bond donors (Lipinski definition) is 1. The van der Waals surface area contributed by atoms with Crippen LogP contribution in [-0.4, -0.2) is 80.0 Å². The molecule has 0 spiro atoms. The van der Waals surface area contributed by atoms with Crippen molar-refractivity contribution in [2.75, 3.05) is 56.1 Å². The van der Waals surface area contributed by atoms with Gasteiger partial charge in [-0.1, -0.05) is 13.0 Å². The Hall–Kier alpha value is -2.62. The van der Waals surface area contributed by atoms with E-state index < -0.39 is 10.0 Å². The van der Waals surface area contributed by atoms with Crippen LogP contribution in [0.4, 0.5) is 11.4 Å². The van der Waals surface area contributed by atoms with Gasteiger partial charge in [-0.2, -0.15) is 17.6 Å². The molecule has 8 nitrogen and oxygen atoms in total. The van der Waals surface area contributed by atoms with E-state index in [2.05, 4.69) is 28.0 Å². The lowest BCUT2D eigenvalue weighted by Gasteiger charge is -2.34. The summed E-state index contributed by atoms with van der Waals surface area (Å²) in [5.74, 6) is 0. The van der Waals surface area contributed by atoms with Crippen LogP contribution in [-0.2, 0) is 16.4 Å². The zero-order valence-electron chi connectivity index (χ0n) is 19.2. The lowest BCUT2D eigenvalue weighted by Crippen LogP contribution is -2.44. The fourth-order valence-corrected chi connectivity index (χ4v) is 6.10. The van der Waals surface area contributed by atoms with Gasteiger partial charge in [0.2, 0.25) is 0 Å². The number of aliphatic hydroxyl groups excluding tert-OH is 1. The van der Waals surface area contributed by atoms with Crippen LogP contribution in [0.5, 0.6) is 0 Å². The standard InChI is InChI=1S/C24H31N5O3S/c1-3-23-22-8-7-19(27-13-11-26(2)12-14-27)16-24(22)29(25-23)33(31,32)21-6-4-5-18(15-21)28-10-9-20(30)17-28/h4-8,15-16,20,30H,3,9-14,17H2,1-2H3. The zero-order valence-corrected chi connectivity index (χ0v) is 20.0. The Balaban J connectivity index is 1.56. The molecule has 2 fully saturated rings. The molecule has 0 bridgehead atoms. The first-order valence-corrected chi connectivity index (χ1v) is 13.0. The number of fused-ring (bicyclic) bond motifs is 1. The second kappa shape index (κ2) is 8.62. The van der Waals surface area contributed by atoms with Gasteiger partial charge in [-0.15, -0.1) is 0 Å². The lowest BCUT2D eigenvalue weighted by atomic mass is 10.1. The van der Waals surface area contributed by atoms with Crippen molar-refractivity contribution in [1.29, 1.82) is 0 Å². The number of anilines is 2. The van der Waals surface area contributed by atoms with E-state index in [-0.39, 0.29) is 11.0 Å². The van der Waals surface area contributed by atoms with Crippen molar-refractivity contribution in [2.45, 2.75) is 30.8 Å². The largest absolute Gasteiger partial charge is 0.391 e. The summed E-state index contributed by atoms with van der Waals surface area (Å²) < 4.78 is 28.7. The Morgan fingerprint density at radius 2 is 1.76 bits per heavy atom. The van der Waals surface area contributed by atoms with Crippen LogP contribution >= 0.6 is 0 Å². The summed E-state index contributed by atoms with van der Waals surface area (Å²) in [5, 5.41) is 15.3. The minimum absolute atomic E-state index is 0.207. The molecule has 1 N–H and O–H groups in total. The predicted octanol–water partition coefficient (Wildman–Crippen LogP) is 2.16. The van der Waals surface area contributed by atoms with Gasteiger partial charge in [0, 0.05) is 56.0 Å². The van der Waals surface area contributed by atoms with E-state index in [4.69, 9.17) is 0 Å². The van der Waals surface area contributed by atoms with Crippen molar-refractivity contribution < 1.29 is 13.5 Å². The Labute approximate surface area is 195 Å². The van der Waals surface area contributed by atoms with Crippen molar-refractivity contribution in [2.24, 2.45) is 0 Å². The fourth-order valence-electron chi connectivity index (χ4n) is 4.76. The van der Waals surface area contributed by atoms with Crippen molar-refractivity contribution in [3.63, 3.8) is 0 Å². The van der Waals surface area contributed by atoms with Crippen LogP contribution < -0.4 is 9.80 Å². The predicted molar refractivity (Wildman–Crippen MR) is 131 cm³/mol. The Kier molecular flexibility index (Phi) is 5.80. The molecular weight excluding hydrogens is 438 g/mol. The van der Waals surface area contributed by atoms with E-state index in [9.17, 15) is 13.5 Å². The van der Waals surface area contributed by atoms with Gasteiger partial charge in [-0.25, -0.2) is 0 Å². The monoisotopic (exact) mass is 469 g/mol. The van der Waals surface area contributed by atoms with E-state index in [0.29, 0.717) is 31.4 Å². The second-order valence-electron chi connectivity index (χ2n) is 9.03. The van der Waals surface area contributed by atoms with Gasteiger partial charge >= 0.3 is 0 Å². The van der Waals surface area contributed by atoms with Gasteiger partial charge in [0.25, 0.3) is 10.0 Å². The molecule has 1 unspecified atom stereocenters. The Morgan fingerprint density at radius 3 is 2.45 bits per heavy atom. The number of β-amino-alcohol motifs (C(OH)–C–C–N with tert-alkyl or cyclic N) is 1. The zero-order chi connectivity index (χ0) is 23.2. The molecule has 5 rings (SSSR count). The average Bonchev–Trinajstić information content (AvgIpc) is 3.43. The molecule has 2 saturated heterocycles. The van der Waals surface area contributed by atoms with Gasteiger partial charge in [0.05, 0.1) is 22.2 Å². The first-order chi connectivity index (χ1) is 15.9. The van der Waals surface area contributed by atoms with Crippen LogP contribution in [0.1, 0.15) is 19.0 Å². The number of rotatable bonds is 5. The summed E-state index contributed by atoms with van der Waals surface area (Å²) in [6.45, 7) is 7.00. The van der Waals surface area contributed by atoms with Crippen LogP contribution in [0.15, 0.2) is 47.4 Å². The van der Waals surface area contributed by atoms with Crippen LogP contribution in [0.3, 0.4) is 0 Å². The molecule has 9 heteroatoms. The molecule has 176 valence electrons. The normalized spacial score (nSPS) is 20.2. The summed E-state index contributed by atoms with van der Waals surface area (Å²) in [6, 6.07) is 13.0. The molecule has 2 aromatic carbocycles. The molecule has 0 saturated carbocycles. The summed E-state index contributed by atoms with van der Waals surface area (Å²) in [5.41, 5.74) is 3.22. The number of benzene rings is 2. The van der Waals surface area contributed by atoms with E-state index >= 15 is 0 Å². The van der Waals surface area contributed by atoms with E-state index in [1.165, 1.54) is 4.09 Å². The minimum atomic E-state index is -3.89. The smallest absolute Gasteiger partial charge is 0.283 e. The quantitative estimate of drug-likeness (QED) is 0.613. The van der Waals surface area contributed by atoms with Crippen LogP contribution in [0.2, 0.25) is 0 Å². The van der Waals surface area contributed by atoms with E-state index in [1.54, 1.807) is 18.2 Å². The highest BCUT2D eigenvalue weighted by Crippen LogP contribution is 2.30. The molecule has 33 heavy (non-hydrogen) atoms. The SMILES string of the molecule is CCc1nn(S(=O)(=O)c2cccc(N3CCC(O)C3)c2)c2cc(N3CCN(C)CC3)ccc12. The van der Waals surface area contributed by atoms with E-state index in [0.717, 1.165) is 48.6 Å². The lowest BCUT2D eigenvalue weighted by molar-refractivity contribution is 0.198. The van der Waals surface area contributed by atoms with E-state index in [1.807, 2.05) is 30.0 Å². The summed E-state index contributed by atoms with van der Waals surface area (Å²) in [6.07, 6.45) is 0.967. The van der Waals surface area contributed by atoms with Crippen molar-refractivity contribution in [3.8, 4) is 0 Å². The molecule has 0 amide bonds. The van der Waals surface area contributed by atoms with Gasteiger partial charge < -0.3 is 19.8 Å². The molecule has 0 aliphatic carbocycles. The molecule has 3 aromatic rings. The third-order valence-electron chi connectivity index (χ3n) is 6.78. The number of nitrogens with zero attached hydrogens (tertiary/aromatic N) is 5. The Bertz CT molecular complexity index is 1260. The molecule has 2 aliphatic heterocycles. The third kappa shape index (κ3) is 4.09. The maximum atomic E-state index is 13.8. The molecule has 0 radical (unpaired) electrons. The minimum Gasteiger partial charge on any atom is -0.391 e. The number of piperazine rings is 1. The molecule has 1 atom stereocenters. The third-order valence-corrected chi connectivity index (χ3v) is 8.37. The molecule has 1 aromatic heterocycles. The van der Waals surface area contributed by atoms with Gasteiger partial charge in [0.15, 0.2) is 0 Å².